The Hall–Kier alpha value is -0.0800. The van der Waals surface area contributed by atoms with Gasteiger partial charge >= 0.3 is 0 Å². The molecule has 1 rings (SSSR count). The van der Waals surface area contributed by atoms with Crippen molar-refractivity contribution < 1.29 is 0 Å². The predicted molar refractivity (Wildman–Crippen MR) is 57.7 cm³/mol. The van der Waals surface area contributed by atoms with E-state index in [2.05, 4.69) is 18.9 Å². The van der Waals surface area contributed by atoms with Gasteiger partial charge in [-0.2, -0.15) is 0 Å². The van der Waals surface area contributed by atoms with Crippen molar-refractivity contribution in [2.75, 3.05) is 26.7 Å². The predicted octanol–water partition coefficient (Wildman–Crippen LogP) is 1.70. The summed E-state index contributed by atoms with van der Waals surface area (Å²) >= 11 is 0. The summed E-state index contributed by atoms with van der Waals surface area (Å²) in [7, 11) is 2.22. The summed E-state index contributed by atoms with van der Waals surface area (Å²) in [5, 5.41) is 0. The lowest BCUT2D eigenvalue weighted by Crippen LogP contribution is -2.33. The van der Waals surface area contributed by atoms with Crippen LogP contribution in [0.5, 0.6) is 0 Å². The molecule has 13 heavy (non-hydrogen) atoms. The van der Waals surface area contributed by atoms with Gasteiger partial charge in [0.25, 0.3) is 0 Å². The summed E-state index contributed by atoms with van der Waals surface area (Å²) in [6, 6.07) is 0. The van der Waals surface area contributed by atoms with E-state index in [4.69, 9.17) is 5.73 Å². The van der Waals surface area contributed by atoms with Gasteiger partial charge in [-0.15, -0.1) is 0 Å². The van der Waals surface area contributed by atoms with Crippen molar-refractivity contribution in [3.8, 4) is 0 Å². The van der Waals surface area contributed by atoms with Gasteiger partial charge in [0.1, 0.15) is 0 Å². The Morgan fingerprint density at radius 2 is 2.00 bits per heavy atom. The Kier molecular flexibility index (Phi) is 4.74. The minimum absolute atomic E-state index is 0.866. The SMILES string of the molecule is CC[C@@H](CCN)C1CCN(C)CC1. The standard InChI is InChI=1S/C11H24N2/c1-3-10(4-7-12)11-5-8-13(2)9-6-11/h10-11H,3-9,12H2,1-2H3/t10-/m0/s1. The smallest absolute Gasteiger partial charge is 0.00190 e. The molecule has 2 nitrogen and oxygen atoms in total. The maximum Gasteiger partial charge on any atom is -0.00190 e. The number of likely N-dealkylation sites (tertiary alicyclic amines) is 1. The van der Waals surface area contributed by atoms with Gasteiger partial charge in [-0.3, -0.25) is 0 Å². The molecule has 0 aromatic carbocycles. The molecule has 0 bridgehead atoms. The van der Waals surface area contributed by atoms with E-state index < -0.39 is 0 Å². The molecule has 1 saturated heterocycles. The van der Waals surface area contributed by atoms with E-state index in [1.807, 2.05) is 0 Å². The first-order valence-electron chi connectivity index (χ1n) is 5.66. The molecular formula is C11H24N2. The summed E-state index contributed by atoms with van der Waals surface area (Å²) in [6.07, 6.45) is 5.31. The van der Waals surface area contributed by atoms with Gasteiger partial charge in [-0.1, -0.05) is 13.3 Å². The molecule has 2 N–H and O–H groups in total. The van der Waals surface area contributed by atoms with Crippen molar-refractivity contribution >= 4 is 0 Å². The third-order valence-electron chi connectivity index (χ3n) is 3.49. The van der Waals surface area contributed by atoms with Crippen molar-refractivity contribution in [3.63, 3.8) is 0 Å². The van der Waals surface area contributed by atoms with Crippen LogP contribution in [-0.2, 0) is 0 Å². The van der Waals surface area contributed by atoms with Crippen LogP contribution in [0.4, 0.5) is 0 Å². The van der Waals surface area contributed by atoms with Crippen molar-refractivity contribution in [2.45, 2.75) is 32.6 Å². The molecule has 0 aliphatic carbocycles. The maximum absolute atomic E-state index is 5.63. The van der Waals surface area contributed by atoms with E-state index >= 15 is 0 Å². The average Bonchev–Trinajstić information content (AvgIpc) is 2.16. The fourth-order valence-corrected chi connectivity index (χ4v) is 2.49. The second kappa shape index (κ2) is 5.61. The van der Waals surface area contributed by atoms with Gasteiger partial charge in [0, 0.05) is 0 Å². The van der Waals surface area contributed by atoms with Gasteiger partial charge in [0.15, 0.2) is 0 Å². The van der Waals surface area contributed by atoms with Crippen molar-refractivity contribution in [2.24, 2.45) is 17.6 Å². The molecule has 0 aromatic rings. The molecular weight excluding hydrogens is 160 g/mol. The van der Waals surface area contributed by atoms with Crippen molar-refractivity contribution in [3.05, 3.63) is 0 Å². The average molecular weight is 184 g/mol. The van der Waals surface area contributed by atoms with E-state index in [0.717, 1.165) is 18.4 Å². The van der Waals surface area contributed by atoms with Crippen LogP contribution >= 0.6 is 0 Å². The third kappa shape index (κ3) is 3.28. The number of hydrogen-bond acceptors (Lipinski definition) is 2. The molecule has 78 valence electrons. The van der Waals surface area contributed by atoms with Crippen LogP contribution in [-0.4, -0.2) is 31.6 Å². The van der Waals surface area contributed by atoms with Gasteiger partial charge in [-0.25, -0.2) is 0 Å². The molecule has 1 heterocycles. The largest absolute Gasteiger partial charge is 0.330 e. The zero-order chi connectivity index (χ0) is 9.68. The van der Waals surface area contributed by atoms with E-state index in [1.54, 1.807) is 0 Å². The highest BCUT2D eigenvalue weighted by Crippen LogP contribution is 2.28. The number of nitrogens with zero attached hydrogens (tertiary/aromatic N) is 1. The fourth-order valence-electron chi connectivity index (χ4n) is 2.49. The van der Waals surface area contributed by atoms with Gasteiger partial charge in [0.2, 0.25) is 0 Å². The summed E-state index contributed by atoms with van der Waals surface area (Å²) in [5.41, 5.74) is 5.63. The Morgan fingerprint density at radius 3 is 2.46 bits per heavy atom. The summed E-state index contributed by atoms with van der Waals surface area (Å²) in [4.78, 5) is 2.44. The Bertz CT molecular complexity index is 128. The number of nitrogens with two attached hydrogens (primary N) is 1. The number of rotatable bonds is 4. The first kappa shape index (κ1) is 11.0. The quantitative estimate of drug-likeness (QED) is 0.720. The Labute approximate surface area is 82.5 Å². The van der Waals surface area contributed by atoms with Crippen LogP contribution in [0.15, 0.2) is 0 Å². The minimum Gasteiger partial charge on any atom is -0.330 e. The van der Waals surface area contributed by atoms with Gasteiger partial charge < -0.3 is 10.6 Å². The third-order valence-corrected chi connectivity index (χ3v) is 3.49. The van der Waals surface area contributed by atoms with Crippen LogP contribution < -0.4 is 5.73 Å². The first-order valence-corrected chi connectivity index (χ1v) is 5.66. The maximum atomic E-state index is 5.63. The molecule has 0 aromatic heterocycles. The highest BCUT2D eigenvalue weighted by molar-refractivity contribution is 4.76. The number of hydrogen-bond donors (Lipinski definition) is 1. The van der Waals surface area contributed by atoms with E-state index in [-0.39, 0.29) is 0 Å². The first-order chi connectivity index (χ1) is 6.27. The highest BCUT2D eigenvalue weighted by atomic mass is 15.1. The molecule has 2 heteroatoms. The van der Waals surface area contributed by atoms with Crippen molar-refractivity contribution in [1.29, 1.82) is 0 Å². The van der Waals surface area contributed by atoms with Crippen molar-refractivity contribution in [1.82, 2.24) is 4.90 Å². The molecule has 0 radical (unpaired) electrons. The van der Waals surface area contributed by atoms with Crippen LogP contribution in [0.25, 0.3) is 0 Å². The lowest BCUT2D eigenvalue weighted by molar-refractivity contribution is 0.163. The zero-order valence-corrected chi connectivity index (χ0v) is 9.13. The normalized spacial score (nSPS) is 23.3. The van der Waals surface area contributed by atoms with Gasteiger partial charge in [-0.05, 0) is 57.8 Å². The summed E-state index contributed by atoms with van der Waals surface area (Å²) in [5.74, 6) is 1.84. The molecule has 1 atom stereocenters. The molecule has 0 amide bonds. The molecule has 0 spiro atoms. The van der Waals surface area contributed by atoms with E-state index in [1.165, 1.54) is 38.8 Å². The fraction of sp³-hybridized carbons (Fsp3) is 1.00. The second-order valence-corrected chi connectivity index (χ2v) is 4.39. The lowest BCUT2D eigenvalue weighted by Gasteiger charge is -2.33. The van der Waals surface area contributed by atoms with E-state index in [0.29, 0.717) is 0 Å². The molecule has 1 aliphatic rings. The number of piperidine rings is 1. The van der Waals surface area contributed by atoms with Crippen LogP contribution in [0.3, 0.4) is 0 Å². The zero-order valence-electron chi connectivity index (χ0n) is 9.13. The van der Waals surface area contributed by atoms with Crippen LogP contribution in [0.2, 0.25) is 0 Å². The lowest BCUT2D eigenvalue weighted by atomic mass is 9.81. The van der Waals surface area contributed by atoms with Crippen LogP contribution in [0, 0.1) is 11.8 Å². The molecule has 0 saturated carbocycles. The summed E-state index contributed by atoms with van der Waals surface area (Å²) in [6.45, 7) is 5.74. The van der Waals surface area contributed by atoms with Crippen LogP contribution in [0.1, 0.15) is 32.6 Å². The molecule has 1 fully saturated rings. The van der Waals surface area contributed by atoms with Gasteiger partial charge in [0.05, 0.1) is 0 Å². The summed E-state index contributed by atoms with van der Waals surface area (Å²) < 4.78 is 0. The Balaban J connectivity index is 2.32. The Morgan fingerprint density at radius 1 is 1.38 bits per heavy atom. The molecule has 0 unspecified atom stereocenters. The minimum atomic E-state index is 0.866. The molecule has 1 aliphatic heterocycles. The highest BCUT2D eigenvalue weighted by Gasteiger charge is 2.23. The monoisotopic (exact) mass is 184 g/mol. The topological polar surface area (TPSA) is 29.3 Å². The second-order valence-electron chi connectivity index (χ2n) is 4.39. The van der Waals surface area contributed by atoms with E-state index in [9.17, 15) is 0 Å².